The molecule has 0 spiro atoms. The summed E-state index contributed by atoms with van der Waals surface area (Å²) in [7, 11) is 0. The maximum absolute atomic E-state index is 13.4. The third-order valence-corrected chi connectivity index (χ3v) is 5.80. The summed E-state index contributed by atoms with van der Waals surface area (Å²) in [5, 5.41) is 17.7. The number of halogens is 1. The normalized spacial score (nSPS) is 14.7. The first kappa shape index (κ1) is 21.3. The smallest absolute Gasteiger partial charge is 0.229 e. The average molecular weight is 448 g/mol. The van der Waals surface area contributed by atoms with Gasteiger partial charge in [-0.05, 0) is 29.8 Å². The first-order valence-corrected chi connectivity index (χ1v) is 11.1. The Bertz CT molecular complexity index is 1200. The van der Waals surface area contributed by atoms with E-state index < -0.39 is 0 Å². The van der Waals surface area contributed by atoms with Crippen molar-refractivity contribution in [2.75, 3.05) is 49.5 Å². The van der Waals surface area contributed by atoms with Crippen LogP contribution in [0.5, 0.6) is 0 Å². The van der Waals surface area contributed by atoms with E-state index in [2.05, 4.69) is 44.5 Å². The molecule has 0 bridgehead atoms. The van der Waals surface area contributed by atoms with Crippen molar-refractivity contribution in [2.24, 2.45) is 0 Å². The second kappa shape index (κ2) is 9.51. The van der Waals surface area contributed by atoms with Crippen molar-refractivity contribution in [3.8, 4) is 5.69 Å². The summed E-state index contributed by atoms with van der Waals surface area (Å²) >= 11 is 0. The molecular formula is C24H26FN7O. The Balaban J connectivity index is 1.41. The van der Waals surface area contributed by atoms with Gasteiger partial charge in [-0.1, -0.05) is 30.3 Å². The lowest BCUT2D eigenvalue weighted by atomic mass is 10.2. The number of piperazine rings is 1. The van der Waals surface area contributed by atoms with Gasteiger partial charge in [-0.3, -0.25) is 4.90 Å². The lowest BCUT2D eigenvalue weighted by molar-refractivity contribution is 0.249. The summed E-state index contributed by atoms with van der Waals surface area (Å²) in [6.45, 7) is 4.73. The van der Waals surface area contributed by atoms with Crippen molar-refractivity contribution in [2.45, 2.75) is 6.54 Å². The van der Waals surface area contributed by atoms with E-state index in [1.165, 1.54) is 17.7 Å². The minimum Gasteiger partial charge on any atom is -0.395 e. The van der Waals surface area contributed by atoms with Crippen molar-refractivity contribution in [1.82, 2.24) is 24.6 Å². The summed E-state index contributed by atoms with van der Waals surface area (Å²) in [5.41, 5.74) is 2.66. The zero-order chi connectivity index (χ0) is 22.6. The van der Waals surface area contributed by atoms with E-state index in [0.29, 0.717) is 24.0 Å². The number of hydrogen-bond acceptors (Lipinski definition) is 7. The monoisotopic (exact) mass is 447 g/mol. The van der Waals surface area contributed by atoms with Crippen LogP contribution in [0.2, 0.25) is 0 Å². The number of anilines is 2. The van der Waals surface area contributed by atoms with Gasteiger partial charge in [0.25, 0.3) is 0 Å². The van der Waals surface area contributed by atoms with Crippen molar-refractivity contribution in [1.29, 1.82) is 0 Å². The van der Waals surface area contributed by atoms with E-state index in [1.54, 1.807) is 23.0 Å². The molecule has 0 aliphatic carbocycles. The molecule has 0 atom stereocenters. The van der Waals surface area contributed by atoms with Crippen LogP contribution in [0.15, 0.2) is 60.8 Å². The van der Waals surface area contributed by atoms with Gasteiger partial charge in [0.15, 0.2) is 5.65 Å². The van der Waals surface area contributed by atoms with Crippen molar-refractivity contribution in [3.05, 3.63) is 72.2 Å². The second-order valence-electron chi connectivity index (χ2n) is 8.04. The van der Waals surface area contributed by atoms with Crippen LogP contribution in [-0.4, -0.2) is 69.1 Å². The molecule has 0 radical (unpaired) electrons. The molecule has 33 heavy (non-hydrogen) atoms. The molecule has 170 valence electrons. The maximum atomic E-state index is 13.4. The second-order valence-corrected chi connectivity index (χ2v) is 8.04. The Labute approximate surface area is 191 Å². The maximum Gasteiger partial charge on any atom is 0.229 e. The minimum atomic E-state index is -0.302. The van der Waals surface area contributed by atoms with Crippen molar-refractivity contribution < 1.29 is 9.50 Å². The van der Waals surface area contributed by atoms with E-state index in [1.807, 2.05) is 6.07 Å². The van der Waals surface area contributed by atoms with Crippen LogP contribution in [0.1, 0.15) is 5.56 Å². The number of benzene rings is 2. The summed E-state index contributed by atoms with van der Waals surface area (Å²) in [5.74, 6) is 0.944. The number of aliphatic hydroxyl groups is 1. The molecule has 0 unspecified atom stereocenters. The highest BCUT2D eigenvalue weighted by Crippen LogP contribution is 2.26. The summed E-state index contributed by atoms with van der Waals surface area (Å²) in [6, 6.07) is 16.6. The highest BCUT2D eigenvalue weighted by Gasteiger charge is 2.22. The summed E-state index contributed by atoms with van der Waals surface area (Å²) in [6.07, 6.45) is 1.69. The number of aromatic nitrogens is 4. The Kier molecular flexibility index (Phi) is 6.14. The predicted molar refractivity (Wildman–Crippen MR) is 126 cm³/mol. The fraction of sp³-hybridized carbons (Fsp3) is 0.292. The Morgan fingerprint density at radius 3 is 2.42 bits per heavy atom. The van der Waals surface area contributed by atoms with E-state index in [0.717, 1.165) is 43.8 Å². The molecule has 1 aliphatic rings. The van der Waals surface area contributed by atoms with E-state index in [-0.39, 0.29) is 12.4 Å². The van der Waals surface area contributed by atoms with Crippen LogP contribution in [0.25, 0.3) is 16.7 Å². The molecule has 5 rings (SSSR count). The molecule has 2 N–H and O–H groups in total. The number of nitrogens with zero attached hydrogens (tertiary/aromatic N) is 6. The number of aliphatic hydroxyl groups excluding tert-OH is 1. The molecule has 0 amide bonds. The van der Waals surface area contributed by atoms with Gasteiger partial charge < -0.3 is 15.3 Å². The molecular weight excluding hydrogens is 421 g/mol. The largest absolute Gasteiger partial charge is 0.395 e. The van der Waals surface area contributed by atoms with E-state index >= 15 is 0 Å². The van der Waals surface area contributed by atoms with Crippen LogP contribution < -0.4 is 10.2 Å². The van der Waals surface area contributed by atoms with Gasteiger partial charge in [0.05, 0.1) is 23.9 Å². The number of rotatable bonds is 7. The van der Waals surface area contributed by atoms with Crippen molar-refractivity contribution >= 4 is 22.8 Å². The average Bonchev–Trinajstić information content (AvgIpc) is 3.28. The molecule has 4 aromatic rings. The predicted octanol–water partition coefficient (Wildman–Crippen LogP) is 2.68. The Morgan fingerprint density at radius 2 is 1.70 bits per heavy atom. The molecule has 0 saturated carbocycles. The van der Waals surface area contributed by atoms with Gasteiger partial charge in [-0.15, -0.1) is 0 Å². The van der Waals surface area contributed by atoms with E-state index in [4.69, 9.17) is 9.97 Å². The zero-order valence-corrected chi connectivity index (χ0v) is 18.2. The lowest BCUT2D eigenvalue weighted by Gasteiger charge is -2.34. The van der Waals surface area contributed by atoms with Gasteiger partial charge in [0.2, 0.25) is 5.95 Å². The highest BCUT2D eigenvalue weighted by atomic mass is 19.1. The first-order chi connectivity index (χ1) is 16.2. The van der Waals surface area contributed by atoms with E-state index in [9.17, 15) is 9.50 Å². The minimum absolute atomic E-state index is 0.00884. The SMILES string of the molecule is OCCNc1nc(N2CCN(Cc3ccccc3)CC2)nc2c1cnn2-c1ccc(F)cc1. The lowest BCUT2D eigenvalue weighted by Crippen LogP contribution is -2.46. The molecule has 2 aromatic carbocycles. The fourth-order valence-electron chi connectivity index (χ4n) is 4.07. The zero-order valence-electron chi connectivity index (χ0n) is 18.2. The molecule has 1 fully saturated rings. The van der Waals surface area contributed by atoms with Gasteiger partial charge in [-0.25, -0.2) is 9.07 Å². The number of nitrogens with one attached hydrogen (secondary N) is 1. The fourth-order valence-corrected chi connectivity index (χ4v) is 4.07. The summed E-state index contributed by atoms with van der Waals surface area (Å²) < 4.78 is 15.1. The van der Waals surface area contributed by atoms with Crippen LogP contribution >= 0.6 is 0 Å². The van der Waals surface area contributed by atoms with Gasteiger partial charge >= 0.3 is 0 Å². The Hall–Kier alpha value is -3.56. The Morgan fingerprint density at radius 1 is 0.939 bits per heavy atom. The third-order valence-electron chi connectivity index (χ3n) is 5.80. The molecule has 3 heterocycles. The highest BCUT2D eigenvalue weighted by molar-refractivity contribution is 5.88. The van der Waals surface area contributed by atoms with Crippen LogP contribution in [-0.2, 0) is 6.54 Å². The van der Waals surface area contributed by atoms with Gasteiger partial charge in [-0.2, -0.15) is 15.1 Å². The summed E-state index contributed by atoms with van der Waals surface area (Å²) in [4.78, 5) is 14.2. The third kappa shape index (κ3) is 4.64. The van der Waals surface area contributed by atoms with Gasteiger partial charge in [0, 0.05) is 39.3 Å². The molecule has 9 heteroatoms. The molecule has 1 aliphatic heterocycles. The molecule has 1 saturated heterocycles. The first-order valence-electron chi connectivity index (χ1n) is 11.1. The molecule has 8 nitrogen and oxygen atoms in total. The molecule has 2 aromatic heterocycles. The van der Waals surface area contributed by atoms with Gasteiger partial charge in [0.1, 0.15) is 11.6 Å². The van der Waals surface area contributed by atoms with Crippen LogP contribution in [0, 0.1) is 5.82 Å². The van der Waals surface area contributed by atoms with Crippen LogP contribution in [0.4, 0.5) is 16.2 Å². The van der Waals surface area contributed by atoms with Crippen LogP contribution in [0.3, 0.4) is 0 Å². The van der Waals surface area contributed by atoms with Crippen molar-refractivity contribution in [3.63, 3.8) is 0 Å². The number of hydrogen-bond donors (Lipinski definition) is 2. The standard InChI is InChI=1S/C24H26FN7O/c25-19-6-8-20(9-7-19)32-23-21(16-27-32)22(26-10-15-33)28-24(29-23)31-13-11-30(12-14-31)17-18-4-2-1-3-5-18/h1-9,16,33H,10-15,17H2,(H,26,28,29). The number of fused-ring (bicyclic) bond motifs is 1. The topological polar surface area (TPSA) is 82.3 Å². The quantitative estimate of drug-likeness (QED) is 0.451.